The molecule has 8 nitrogen and oxygen atoms in total. The molecule has 0 saturated heterocycles. The number of carbonyl (C=O) groups excluding carboxylic acids is 2. The Hall–Kier alpha value is -3.57. The van der Waals surface area contributed by atoms with E-state index in [1.54, 1.807) is 35.3 Å². The highest BCUT2D eigenvalue weighted by Crippen LogP contribution is 2.36. The molecule has 0 aliphatic heterocycles. The summed E-state index contributed by atoms with van der Waals surface area (Å²) in [6.45, 7) is 0. The van der Waals surface area contributed by atoms with Crippen molar-refractivity contribution < 1.29 is 18.7 Å². The van der Waals surface area contributed by atoms with Gasteiger partial charge in [0.2, 0.25) is 5.91 Å². The molecular formula is C22H18FN5O3S2. The van der Waals surface area contributed by atoms with Gasteiger partial charge in [-0.15, -0.1) is 21.5 Å². The molecule has 4 aromatic rings. The number of hydrogen-bond acceptors (Lipinski definition) is 8. The van der Waals surface area contributed by atoms with Crippen molar-refractivity contribution >= 4 is 40.0 Å². The number of hydrogen-bond donors (Lipinski definition) is 1. The van der Waals surface area contributed by atoms with Gasteiger partial charge in [0.05, 0.1) is 12.9 Å². The minimum Gasteiger partial charge on any atom is -0.465 e. The maximum Gasteiger partial charge on any atom is 0.341 e. The molecule has 0 aliphatic carbocycles. The first-order valence-corrected chi connectivity index (χ1v) is 11.5. The molecule has 11 heteroatoms. The Morgan fingerprint density at radius 2 is 1.97 bits per heavy atom. The van der Waals surface area contributed by atoms with E-state index in [1.807, 2.05) is 18.2 Å². The maximum absolute atomic E-state index is 13.3. The molecule has 0 atom stereocenters. The van der Waals surface area contributed by atoms with Gasteiger partial charge in [0.1, 0.15) is 22.1 Å². The third-order valence-electron chi connectivity index (χ3n) is 4.65. The summed E-state index contributed by atoms with van der Waals surface area (Å²) in [5.41, 5.74) is 2.11. The van der Waals surface area contributed by atoms with E-state index in [4.69, 9.17) is 4.74 Å². The molecular weight excluding hydrogens is 465 g/mol. The van der Waals surface area contributed by atoms with Gasteiger partial charge in [-0.2, -0.15) is 0 Å². The number of amides is 1. The molecule has 1 aromatic carbocycles. The normalized spacial score (nSPS) is 10.8. The van der Waals surface area contributed by atoms with Crippen molar-refractivity contribution in [3.63, 3.8) is 0 Å². The fraction of sp³-hybridized carbons (Fsp3) is 0.136. The molecule has 0 aliphatic rings. The van der Waals surface area contributed by atoms with Crippen molar-refractivity contribution in [2.45, 2.75) is 5.16 Å². The summed E-state index contributed by atoms with van der Waals surface area (Å²) < 4.78 is 20.0. The summed E-state index contributed by atoms with van der Waals surface area (Å²) in [4.78, 5) is 29.3. The largest absolute Gasteiger partial charge is 0.465 e. The number of methoxy groups -OCH3 is 1. The Morgan fingerprint density at radius 3 is 2.67 bits per heavy atom. The molecule has 4 rings (SSSR count). The number of pyridine rings is 1. The van der Waals surface area contributed by atoms with Gasteiger partial charge in [-0.25, -0.2) is 9.18 Å². The lowest BCUT2D eigenvalue weighted by molar-refractivity contribution is -0.113. The van der Waals surface area contributed by atoms with Crippen LogP contribution in [-0.2, 0) is 16.6 Å². The number of rotatable bonds is 7. The minimum absolute atomic E-state index is 0.0542. The van der Waals surface area contributed by atoms with E-state index in [2.05, 4.69) is 20.5 Å². The number of esters is 1. The zero-order chi connectivity index (χ0) is 23.4. The average Bonchev–Trinajstić information content (AvgIpc) is 3.41. The first kappa shape index (κ1) is 22.6. The predicted molar refractivity (Wildman–Crippen MR) is 125 cm³/mol. The lowest BCUT2D eigenvalue weighted by atomic mass is 10.0. The van der Waals surface area contributed by atoms with Crippen LogP contribution in [0.1, 0.15) is 10.4 Å². The van der Waals surface area contributed by atoms with Crippen molar-refractivity contribution in [1.82, 2.24) is 19.7 Å². The van der Waals surface area contributed by atoms with Crippen LogP contribution in [0.25, 0.3) is 22.6 Å². The first-order valence-electron chi connectivity index (χ1n) is 9.67. The van der Waals surface area contributed by atoms with Crippen LogP contribution in [-0.4, -0.2) is 44.5 Å². The van der Waals surface area contributed by atoms with Crippen molar-refractivity contribution in [2.75, 3.05) is 18.2 Å². The summed E-state index contributed by atoms with van der Waals surface area (Å²) in [5, 5.41) is 13.7. The summed E-state index contributed by atoms with van der Waals surface area (Å²) in [5.74, 6) is -0.645. The van der Waals surface area contributed by atoms with Crippen LogP contribution in [0, 0.1) is 5.82 Å². The number of thioether (sulfide) groups is 1. The monoisotopic (exact) mass is 483 g/mol. The SMILES string of the molecule is COC(=O)c1c(-c2ccc(F)cc2)csc1NC(=O)CSc1nnc(-c2ccccn2)n1C. The molecule has 0 spiro atoms. The molecule has 0 unspecified atom stereocenters. The molecule has 0 saturated carbocycles. The van der Waals surface area contributed by atoms with Crippen molar-refractivity contribution in [1.29, 1.82) is 0 Å². The van der Waals surface area contributed by atoms with Gasteiger partial charge in [-0.05, 0) is 29.8 Å². The molecule has 3 aromatic heterocycles. The van der Waals surface area contributed by atoms with Crippen molar-refractivity contribution in [2.24, 2.45) is 7.05 Å². The van der Waals surface area contributed by atoms with E-state index in [9.17, 15) is 14.0 Å². The van der Waals surface area contributed by atoms with E-state index < -0.39 is 5.97 Å². The summed E-state index contributed by atoms with van der Waals surface area (Å²) >= 11 is 2.41. The Morgan fingerprint density at radius 1 is 1.18 bits per heavy atom. The van der Waals surface area contributed by atoms with Gasteiger partial charge in [-0.1, -0.05) is 30.0 Å². The predicted octanol–water partition coefficient (Wildman–Crippen LogP) is 4.26. The average molecular weight is 484 g/mol. The van der Waals surface area contributed by atoms with Crippen LogP contribution in [0.3, 0.4) is 0 Å². The van der Waals surface area contributed by atoms with E-state index in [-0.39, 0.29) is 23.0 Å². The van der Waals surface area contributed by atoms with Crippen LogP contribution >= 0.6 is 23.1 Å². The second kappa shape index (κ2) is 9.92. The van der Waals surface area contributed by atoms with Crippen LogP contribution in [0.15, 0.2) is 59.2 Å². The van der Waals surface area contributed by atoms with Crippen LogP contribution in [0.4, 0.5) is 9.39 Å². The number of thiophene rings is 1. The van der Waals surface area contributed by atoms with Crippen LogP contribution in [0.5, 0.6) is 0 Å². The third kappa shape index (κ3) is 4.94. The van der Waals surface area contributed by atoms with E-state index in [0.29, 0.717) is 32.8 Å². The fourth-order valence-corrected chi connectivity index (χ4v) is 4.73. The molecule has 1 amide bonds. The number of benzene rings is 1. The number of ether oxygens (including phenoxy) is 1. The van der Waals surface area contributed by atoms with Crippen molar-refractivity contribution in [3.8, 4) is 22.6 Å². The van der Waals surface area contributed by atoms with Gasteiger partial charge in [0.15, 0.2) is 11.0 Å². The zero-order valence-electron chi connectivity index (χ0n) is 17.6. The van der Waals surface area contributed by atoms with Gasteiger partial charge < -0.3 is 14.6 Å². The second-order valence-corrected chi connectivity index (χ2v) is 8.59. The number of nitrogens with one attached hydrogen (secondary N) is 1. The number of anilines is 1. The molecule has 0 radical (unpaired) electrons. The zero-order valence-corrected chi connectivity index (χ0v) is 19.2. The van der Waals surface area contributed by atoms with Gasteiger partial charge in [-0.3, -0.25) is 9.78 Å². The second-order valence-electron chi connectivity index (χ2n) is 6.77. The molecule has 0 bridgehead atoms. The lowest BCUT2D eigenvalue weighted by Crippen LogP contribution is -2.16. The van der Waals surface area contributed by atoms with Crippen LogP contribution in [0.2, 0.25) is 0 Å². The van der Waals surface area contributed by atoms with Gasteiger partial charge >= 0.3 is 5.97 Å². The van der Waals surface area contributed by atoms with E-state index in [1.165, 1.54) is 42.3 Å². The molecule has 1 N–H and O–H groups in total. The van der Waals surface area contributed by atoms with Gasteiger partial charge in [0, 0.05) is 24.2 Å². The Bertz CT molecular complexity index is 1290. The number of carbonyl (C=O) groups is 2. The minimum atomic E-state index is -0.591. The highest BCUT2D eigenvalue weighted by atomic mass is 32.2. The van der Waals surface area contributed by atoms with E-state index in [0.717, 1.165) is 0 Å². The Balaban J connectivity index is 1.48. The van der Waals surface area contributed by atoms with Gasteiger partial charge in [0.25, 0.3) is 0 Å². The molecule has 0 fully saturated rings. The summed E-state index contributed by atoms with van der Waals surface area (Å²) in [7, 11) is 3.07. The summed E-state index contributed by atoms with van der Waals surface area (Å²) in [6.07, 6.45) is 1.67. The standard InChI is InChI=1S/C22H18FN5O3S2/c1-28-19(16-5-3-4-10-24-16)26-27-22(28)33-12-17(29)25-20-18(21(30)31-2)15(11-32-20)13-6-8-14(23)9-7-13/h3-11H,12H2,1-2H3,(H,25,29). The quantitative estimate of drug-likeness (QED) is 0.310. The Kier molecular flexibility index (Phi) is 6.80. The first-order chi connectivity index (χ1) is 16.0. The topological polar surface area (TPSA) is 99.0 Å². The fourth-order valence-electron chi connectivity index (χ4n) is 3.05. The molecule has 3 heterocycles. The summed E-state index contributed by atoms with van der Waals surface area (Å²) in [6, 6.07) is 11.3. The molecule has 168 valence electrons. The van der Waals surface area contributed by atoms with Crippen molar-refractivity contribution in [3.05, 3.63) is 65.4 Å². The van der Waals surface area contributed by atoms with E-state index >= 15 is 0 Å². The molecule has 33 heavy (non-hydrogen) atoms. The number of nitrogens with zero attached hydrogens (tertiary/aromatic N) is 4. The highest BCUT2D eigenvalue weighted by Gasteiger charge is 2.23. The number of halogens is 1. The number of aromatic nitrogens is 4. The third-order valence-corrected chi connectivity index (χ3v) is 6.57. The maximum atomic E-state index is 13.3. The smallest absolute Gasteiger partial charge is 0.341 e. The highest BCUT2D eigenvalue weighted by molar-refractivity contribution is 7.99. The Labute approximate surface area is 196 Å². The lowest BCUT2D eigenvalue weighted by Gasteiger charge is -2.08. The van der Waals surface area contributed by atoms with Crippen LogP contribution < -0.4 is 5.32 Å².